The molecule has 3 nitrogen and oxygen atoms in total. The fourth-order valence-electron chi connectivity index (χ4n) is 1.37. The van der Waals surface area contributed by atoms with Crippen LogP contribution in [0, 0.1) is 6.92 Å². The van der Waals surface area contributed by atoms with Crippen molar-refractivity contribution in [3.05, 3.63) is 16.1 Å². The van der Waals surface area contributed by atoms with E-state index in [0.29, 0.717) is 6.04 Å². The van der Waals surface area contributed by atoms with E-state index in [1.165, 1.54) is 17.1 Å². The van der Waals surface area contributed by atoms with Gasteiger partial charge in [0.2, 0.25) is 0 Å². The SMILES string of the molecule is Cc1ncsc1CN=C1NC(C)CCS1. The summed E-state index contributed by atoms with van der Waals surface area (Å²) in [7, 11) is 0. The van der Waals surface area contributed by atoms with Gasteiger partial charge >= 0.3 is 0 Å². The molecule has 5 heteroatoms. The van der Waals surface area contributed by atoms with Crippen molar-refractivity contribution in [2.45, 2.75) is 32.9 Å². The molecule has 1 aromatic rings. The maximum absolute atomic E-state index is 4.58. The normalized spacial score (nSPS) is 24.1. The van der Waals surface area contributed by atoms with Gasteiger partial charge in [-0.3, -0.25) is 4.99 Å². The Morgan fingerprint density at radius 2 is 2.53 bits per heavy atom. The molecule has 0 spiro atoms. The standard InChI is InChI=1S/C10H15N3S2/c1-7-3-4-14-10(13-7)11-5-9-8(2)12-6-15-9/h6-7H,3-5H2,1-2H3,(H,11,13). The molecule has 1 aliphatic rings. The van der Waals surface area contributed by atoms with Crippen LogP contribution in [0.3, 0.4) is 0 Å². The number of aryl methyl sites for hydroxylation is 1. The summed E-state index contributed by atoms with van der Waals surface area (Å²) in [5, 5.41) is 4.48. The van der Waals surface area contributed by atoms with E-state index in [2.05, 4.69) is 22.2 Å². The third kappa shape index (κ3) is 2.95. The van der Waals surface area contributed by atoms with Crippen LogP contribution in [0.1, 0.15) is 23.9 Å². The Kier molecular flexibility index (Phi) is 3.64. The average Bonchev–Trinajstić information content (AvgIpc) is 2.61. The minimum atomic E-state index is 0.563. The summed E-state index contributed by atoms with van der Waals surface area (Å²) in [5.41, 5.74) is 2.99. The monoisotopic (exact) mass is 241 g/mol. The van der Waals surface area contributed by atoms with Crippen molar-refractivity contribution in [1.29, 1.82) is 0 Å². The number of hydrogen-bond donors (Lipinski definition) is 1. The van der Waals surface area contributed by atoms with Gasteiger partial charge in [-0.2, -0.15) is 0 Å². The Balaban J connectivity index is 1.96. The van der Waals surface area contributed by atoms with Gasteiger partial charge in [-0.1, -0.05) is 11.8 Å². The molecule has 1 aromatic heterocycles. The van der Waals surface area contributed by atoms with Crippen molar-refractivity contribution in [1.82, 2.24) is 10.3 Å². The molecule has 15 heavy (non-hydrogen) atoms. The highest BCUT2D eigenvalue weighted by Crippen LogP contribution is 2.17. The molecule has 0 bridgehead atoms. The van der Waals surface area contributed by atoms with Crippen LogP contribution in [0.2, 0.25) is 0 Å². The zero-order valence-corrected chi connectivity index (χ0v) is 10.6. The summed E-state index contributed by atoms with van der Waals surface area (Å²) in [4.78, 5) is 10.1. The van der Waals surface area contributed by atoms with Crippen LogP contribution in [-0.2, 0) is 6.54 Å². The summed E-state index contributed by atoms with van der Waals surface area (Å²) >= 11 is 3.50. The largest absolute Gasteiger partial charge is 0.362 e. The molecule has 1 atom stereocenters. The summed E-state index contributed by atoms with van der Waals surface area (Å²) in [6.45, 7) is 5.00. The van der Waals surface area contributed by atoms with Crippen LogP contribution in [-0.4, -0.2) is 21.9 Å². The molecule has 1 aliphatic heterocycles. The van der Waals surface area contributed by atoms with E-state index in [1.54, 1.807) is 11.3 Å². The molecule has 0 amide bonds. The first kappa shape index (κ1) is 11.0. The molecule has 2 rings (SSSR count). The lowest BCUT2D eigenvalue weighted by Crippen LogP contribution is -2.35. The van der Waals surface area contributed by atoms with Crippen LogP contribution >= 0.6 is 23.1 Å². The number of rotatable bonds is 2. The van der Waals surface area contributed by atoms with E-state index in [4.69, 9.17) is 0 Å². The molecule has 1 fully saturated rings. The highest BCUT2D eigenvalue weighted by atomic mass is 32.2. The predicted molar refractivity (Wildman–Crippen MR) is 67.7 cm³/mol. The van der Waals surface area contributed by atoms with Gasteiger partial charge in [0.05, 0.1) is 17.7 Å². The van der Waals surface area contributed by atoms with Crippen molar-refractivity contribution in [3.63, 3.8) is 0 Å². The van der Waals surface area contributed by atoms with Gasteiger partial charge in [0.25, 0.3) is 0 Å². The van der Waals surface area contributed by atoms with Gasteiger partial charge in [0.1, 0.15) is 0 Å². The highest BCUT2D eigenvalue weighted by molar-refractivity contribution is 8.13. The van der Waals surface area contributed by atoms with Crippen LogP contribution in [0.25, 0.3) is 0 Å². The van der Waals surface area contributed by atoms with Crippen molar-refractivity contribution >= 4 is 28.3 Å². The quantitative estimate of drug-likeness (QED) is 0.864. The molecule has 1 unspecified atom stereocenters. The Morgan fingerprint density at radius 3 is 3.20 bits per heavy atom. The van der Waals surface area contributed by atoms with Crippen LogP contribution in [0.15, 0.2) is 10.5 Å². The Bertz CT molecular complexity index is 359. The molecule has 0 aromatic carbocycles. The van der Waals surface area contributed by atoms with Crippen molar-refractivity contribution < 1.29 is 0 Å². The summed E-state index contributed by atoms with van der Waals surface area (Å²) in [6.07, 6.45) is 1.23. The van der Waals surface area contributed by atoms with Crippen LogP contribution in [0.4, 0.5) is 0 Å². The fourth-order valence-corrected chi connectivity index (χ4v) is 3.18. The van der Waals surface area contributed by atoms with Gasteiger partial charge < -0.3 is 5.32 Å². The van der Waals surface area contributed by atoms with E-state index >= 15 is 0 Å². The van der Waals surface area contributed by atoms with Crippen LogP contribution < -0.4 is 5.32 Å². The predicted octanol–water partition coefficient (Wildman–Crippen LogP) is 2.42. The Labute approximate surface area is 98.4 Å². The van der Waals surface area contributed by atoms with E-state index in [0.717, 1.165) is 17.4 Å². The first-order valence-electron chi connectivity index (χ1n) is 5.08. The second kappa shape index (κ2) is 4.99. The lowest BCUT2D eigenvalue weighted by molar-refractivity contribution is 0.642. The van der Waals surface area contributed by atoms with Crippen molar-refractivity contribution in [2.75, 3.05) is 5.75 Å². The first-order chi connectivity index (χ1) is 7.25. The third-order valence-corrected chi connectivity index (χ3v) is 4.25. The smallest absolute Gasteiger partial charge is 0.157 e. The molecular formula is C10H15N3S2. The van der Waals surface area contributed by atoms with Gasteiger partial charge in [0.15, 0.2) is 5.17 Å². The lowest BCUT2D eigenvalue weighted by Gasteiger charge is -2.21. The number of aromatic nitrogens is 1. The van der Waals surface area contributed by atoms with Gasteiger partial charge in [-0.15, -0.1) is 11.3 Å². The molecule has 0 saturated carbocycles. The Morgan fingerprint density at radius 1 is 1.67 bits per heavy atom. The highest BCUT2D eigenvalue weighted by Gasteiger charge is 2.12. The second-order valence-electron chi connectivity index (χ2n) is 3.66. The summed E-state index contributed by atoms with van der Waals surface area (Å²) < 4.78 is 0. The second-order valence-corrected chi connectivity index (χ2v) is 5.69. The maximum atomic E-state index is 4.58. The number of nitrogens with zero attached hydrogens (tertiary/aromatic N) is 2. The van der Waals surface area contributed by atoms with Gasteiger partial charge in [-0.05, 0) is 20.3 Å². The van der Waals surface area contributed by atoms with Crippen molar-refractivity contribution in [2.24, 2.45) is 4.99 Å². The molecule has 82 valence electrons. The number of hydrogen-bond acceptors (Lipinski definition) is 4. The lowest BCUT2D eigenvalue weighted by atomic mass is 10.3. The number of aliphatic imine (C=N–C) groups is 1. The Hall–Kier alpha value is -0.550. The molecule has 0 aliphatic carbocycles. The van der Waals surface area contributed by atoms with E-state index in [9.17, 15) is 0 Å². The molecular weight excluding hydrogens is 226 g/mol. The molecule has 1 saturated heterocycles. The van der Waals surface area contributed by atoms with Gasteiger partial charge in [0, 0.05) is 16.7 Å². The van der Waals surface area contributed by atoms with Crippen molar-refractivity contribution in [3.8, 4) is 0 Å². The zero-order valence-electron chi connectivity index (χ0n) is 8.99. The maximum Gasteiger partial charge on any atom is 0.157 e. The van der Waals surface area contributed by atoms with E-state index in [-0.39, 0.29) is 0 Å². The molecule has 1 N–H and O–H groups in total. The van der Waals surface area contributed by atoms with Gasteiger partial charge in [-0.25, -0.2) is 4.98 Å². The summed E-state index contributed by atoms with van der Waals surface area (Å²) in [6, 6.07) is 0.563. The summed E-state index contributed by atoms with van der Waals surface area (Å²) in [5.74, 6) is 1.18. The first-order valence-corrected chi connectivity index (χ1v) is 6.95. The zero-order chi connectivity index (χ0) is 10.7. The van der Waals surface area contributed by atoms with E-state index < -0.39 is 0 Å². The minimum Gasteiger partial charge on any atom is -0.362 e. The van der Waals surface area contributed by atoms with E-state index in [1.807, 2.05) is 24.2 Å². The number of thiazole rings is 1. The number of nitrogens with one attached hydrogen (secondary N) is 1. The average molecular weight is 241 g/mol. The molecule has 0 radical (unpaired) electrons. The topological polar surface area (TPSA) is 37.3 Å². The number of amidine groups is 1. The van der Waals surface area contributed by atoms with Crippen LogP contribution in [0.5, 0.6) is 0 Å². The number of thioether (sulfide) groups is 1. The minimum absolute atomic E-state index is 0.563. The fraction of sp³-hybridized carbons (Fsp3) is 0.600. The third-order valence-electron chi connectivity index (χ3n) is 2.37. The molecule has 2 heterocycles.